The molecule has 4 nitrogen and oxygen atoms in total. The van der Waals surface area contributed by atoms with E-state index in [0.717, 1.165) is 18.7 Å². The Bertz CT molecular complexity index is 411. The van der Waals surface area contributed by atoms with Gasteiger partial charge in [-0.2, -0.15) is 0 Å². The summed E-state index contributed by atoms with van der Waals surface area (Å²) in [5.41, 5.74) is 0. The number of hydrogen-bond acceptors (Lipinski definition) is 4. The zero-order valence-corrected chi connectivity index (χ0v) is 10.2. The fourth-order valence-corrected chi connectivity index (χ4v) is 2.54. The molecule has 2 heterocycles. The first kappa shape index (κ1) is 11.3. The van der Waals surface area contributed by atoms with Gasteiger partial charge in [-0.05, 0) is 25.0 Å². The number of aromatic nitrogens is 1. The van der Waals surface area contributed by atoms with Crippen LogP contribution in [0.4, 0.5) is 5.82 Å². The highest BCUT2D eigenvalue weighted by molar-refractivity contribution is 6.32. The largest absolute Gasteiger partial charge is 0.388 e. The molecule has 1 aliphatic carbocycles. The number of pyridine rings is 1. The van der Waals surface area contributed by atoms with Crippen LogP contribution >= 0.6 is 11.6 Å². The molecule has 2 fully saturated rings. The van der Waals surface area contributed by atoms with Gasteiger partial charge >= 0.3 is 0 Å². The van der Waals surface area contributed by atoms with Gasteiger partial charge in [-0.3, -0.25) is 0 Å². The second-order valence-corrected chi connectivity index (χ2v) is 5.03. The van der Waals surface area contributed by atoms with Crippen LogP contribution in [0.3, 0.4) is 0 Å². The van der Waals surface area contributed by atoms with Gasteiger partial charge in [0.05, 0.1) is 30.4 Å². The molecule has 92 valence electrons. The number of hydrogen-bond donors (Lipinski definition) is 1. The molecule has 0 spiro atoms. The summed E-state index contributed by atoms with van der Waals surface area (Å²) in [4.78, 5) is 6.49. The zero-order valence-electron chi connectivity index (χ0n) is 9.42. The standard InChI is InChI=1S/C12H15ClN2O2/c13-9-2-1-5-14-12(9)15(8-3-4-8)10-6-17-7-11(10)16/h1-2,5,8,10-11,16H,3-4,6-7H2. The van der Waals surface area contributed by atoms with Crippen molar-refractivity contribution in [3.63, 3.8) is 0 Å². The predicted octanol–water partition coefficient (Wildman–Crippen LogP) is 1.46. The van der Waals surface area contributed by atoms with Gasteiger partial charge in [0.15, 0.2) is 0 Å². The molecule has 0 aromatic carbocycles. The maximum absolute atomic E-state index is 9.95. The lowest BCUT2D eigenvalue weighted by atomic mass is 10.1. The molecular weight excluding hydrogens is 240 g/mol. The van der Waals surface area contributed by atoms with Gasteiger partial charge in [-0.25, -0.2) is 4.98 Å². The Hall–Kier alpha value is -0.840. The van der Waals surface area contributed by atoms with Crippen LogP contribution in [0.25, 0.3) is 0 Å². The second-order valence-electron chi connectivity index (χ2n) is 4.62. The highest BCUT2D eigenvalue weighted by atomic mass is 35.5. The topological polar surface area (TPSA) is 45.6 Å². The van der Waals surface area contributed by atoms with Gasteiger partial charge < -0.3 is 14.7 Å². The minimum Gasteiger partial charge on any atom is -0.388 e. The summed E-state index contributed by atoms with van der Waals surface area (Å²) >= 11 is 6.19. The first-order chi connectivity index (χ1) is 8.27. The molecule has 1 N–H and O–H groups in total. The maximum Gasteiger partial charge on any atom is 0.148 e. The lowest BCUT2D eigenvalue weighted by molar-refractivity contribution is 0.124. The first-order valence-corrected chi connectivity index (χ1v) is 6.30. The Labute approximate surface area is 105 Å². The quantitative estimate of drug-likeness (QED) is 0.887. The lowest BCUT2D eigenvalue weighted by Crippen LogP contribution is -2.45. The third kappa shape index (κ3) is 2.12. The van der Waals surface area contributed by atoms with Crippen LogP contribution in [-0.2, 0) is 4.74 Å². The average molecular weight is 255 g/mol. The van der Waals surface area contributed by atoms with E-state index in [-0.39, 0.29) is 6.04 Å². The van der Waals surface area contributed by atoms with E-state index >= 15 is 0 Å². The van der Waals surface area contributed by atoms with Crippen LogP contribution in [0.15, 0.2) is 18.3 Å². The molecule has 1 aromatic rings. The second kappa shape index (κ2) is 4.44. The first-order valence-electron chi connectivity index (χ1n) is 5.92. The van der Waals surface area contributed by atoms with Gasteiger partial charge in [-0.15, -0.1) is 0 Å². The fraction of sp³-hybridized carbons (Fsp3) is 0.583. The summed E-state index contributed by atoms with van der Waals surface area (Å²) in [6.07, 6.45) is 3.55. The molecule has 17 heavy (non-hydrogen) atoms. The van der Waals surface area contributed by atoms with Crippen LogP contribution in [-0.4, -0.2) is 41.5 Å². The van der Waals surface area contributed by atoms with Gasteiger partial charge in [0.25, 0.3) is 0 Å². The Kier molecular flexibility index (Phi) is 2.94. The zero-order chi connectivity index (χ0) is 11.8. The summed E-state index contributed by atoms with van der Waals surface area (Å²) in [5, 5.41) is 10.6. The number of ether oxygens (including phenoxy) is 1. The number of anilines is 1. The monoisotopic (exact) mass is 254 g/mol. The molecule has 3 rings (SSSR count). The van der Waals surface area contributed by atoms with E-state index in [1.165, 1.54) is 0 Å². The van der Waals surface area contributed by atoms with Crippen LogP contribution in [0.1, 0.15) is 12.8 Å². The van der Waals surface area contributed by atoms with Crippen molar-refractivity contribution in [2.75, 3.05) is 18.1 Å². The molecule has 2 unspecified atom stereocenters. The Morgan fingerprint density at radius 1 is 1.41 bits per heavy atom. The Morgan fingerprint density at radius 3 is 2.82 bits per heavy atom. The minimum atomic E-state index is -0.450. The fourth-order valence-electron chi connectivity index (χ4n) is 2.32. The molecule has 1 saturated carbocycles. The molecule has 0 bridgehead atoms. The highest BCUT2D eigenvalue weighted by Gasteiger charge is 2.41. The molecule has 1 aromatic heterocycles. The van der Waals surface area contributed by atoms with Crippen molar-refractivity contribution in [2.45, 2.75) is 31.0 Å². The minimum absolute atomic E-state index is 0.0186. The molecule has 0 radical (unpaired) electrons. The summed E-state index contributed by atoms with van der Waals surface area (Å²) in [7, 11) is 0. The van der Waals surface area contributed by atoms with Crippen LogP contribution in [0.5, 0.6) is 0 Å². The van der Waals surface area contributed by atoms with Crippen molar-refractivity contribution >= 4 is 17.4 Å². The predicted molar refractivity (Wildman–Crippen MR) is 65.4 cm³/mol. The van der Waals surface area contributed by atoms with E-state index in [1.54, 1.807) is 6.20 Å². The summed E-state index contributed by atoms with van der Waals surface area (Å²) < 4.78 is 5.33. The van der Waals surface area contributed by atoms with Crippen LogP contribution in [0, 0.1) is 0 Å². The van der Waals surface area contributed by atoms with Crippen LogP contribution < -0.4 is 4.90 Å². The van der Waals surface area contributed by atoms with Crippen molar-refractivity contribution in [1.29, 1.82) is 0 Å². The van der Waals surface area contributed by atoms with Crippen molar-refractivity contribution in [3.05, 3.63) is 23.4 Å². The number of aliphatic hydroxyl groups excluding tert-OH is 1. The van der Waals surface area contributed by atoms with Crippen LogP contribution in [0.2, 0.25) is 5.02 Å². The van der Waals surface area contributed by atoms with Gasteiger partial charge in [0.2, 0.25) is 0 Å². The Balaban J connectivity index is 1.92. The van der Waals surface area contributed by atoms with E-state index in [9.17, 15) is 5.11 Å². The SMILES string of the molecule is OC1COCC1N(c1ncccc1Cl)C1CC1. The number of halogens is 1. The average Bonchev–Trinajstić information content (AvgIpc) is 3.06. The molecule has 1 aliphatic heterocycles. The molecule has 2 atom stereocenters. The lowest BCUT2D eigenvalue weighted by Gasteiger charge is -2.31. The molecule has 0 amide bonds. The number of nitrogens with zero attached hydrogens (tertiary/aromatic N) is 2. The van der Waals surface area contributed by atoms with Gasteiger partial charge in [-0.1, -0.05) is 11.6 Å². The molecular formula is C12H15ClN2O2. The number of aliphatic hydroxyl groups is 1. The van der Waals surface area contributed by atoms with E-state index < -0.39 is 6.10 Å². The number of rotatable bonds is 3. The van der Waals surface area contributed by atoms with Crippen molar-refractivity contribution in [2.24, 2.45) is 0 Å². The smallest absolute Gasteiger partial charge is 0.148 e. The summed E-state index contributed by atoms with van der Waals surface area (Å²) in [5.74, 6) is 0.770. The van der Waals surface area contributed by atoms with E-state index in [2.05, 4.69) is 9.88 Å². The third-order valence-corrected chi connectivity index (χ3v) is 3.60. The molecule has 5 heteroatoms. The normalized spacial score (nSPS) is 28.4. The van der Waals surface area contributed by atoms with Crippen molar-refractivity contribution in [3.8, 4) is 0 Å². The molecule has 1 saturated heterocycles. The van der Waals surface area contributed by atoms with Crippen molar-refractivity contribution < 1.29 is 9.84 Å². The third-order valence-electron chi connectivity index (χ3n) is 3.30. The van der Waals surface area contributed by atoms with E-state index in [1.807, 2.05) is 12.1 Å². The van der Waals surface area contributed by atoms with Gasteiger partial charge in [0.1, 0.15) is 5.82 Å². The van der Waals surface area contributed by atoms with E-state index in [0.29, 0.717) is 24.3 Å². The van der Waals surface area contributed by atoms with Crippen molar-refractivity contribution in [1.82, 2.24) is 4.98 Å². The van der Waals surface area contributed by atoms with E-state index in [4.69, 9.17) is 16.3 Å². The highest BCUT2D eigenvalue weighted by Crippen LogP contribution is 2.37. The summed E-state index contributed by atoms with van der Waals surface area (Å²) in [6.45, 7) is 0.947. The Morgan fingerprint density at radius 2 is 2.24 bits per heavy atom. The summed E-state index contributed by atoms with van der Waals surface area (Å²) in [6, 6.07) is 4.08. The van der Waals surface area contributed by atoms with Gasteiger partial charge in [0, 0.05) is 12.2 Å². The molecule has 2 aliphatic rings. The maximum atomic E-state index is 9.95.